The summed E-state index contributed by atoms with van der Waals surface area (Å²) in [7, 11) is 0. The van der Waals surface area contributed by atoms with Crippen LogP contribution in [0.5, 0.6) is 5.75 Å². The van der Waals surface area contributed by atoms with E-state index >= 15 is 0 Å². The van der Waals surface area contributed by atoms with Crippen molar-refractivity contribution in [2.24, 2.45) is 0 Å². The molecule has 0 spiro atoms. The highest BCUT2D eigenvalue weighted by atomic mass is 16.5. The predicted octanol–water partition coefficient (Wildman–Crippen LogP) is 2.46. The maximum atomic E-state index is 11.8. The Labute approximate surface area is 100 Å². The summed E-state index contributed by atoms with van der Waals surface area (Å²) in [6.07, 6.45) is 5.25. The van der Waals surface area contributed by atoms with Crippen molar-refractivity contribution in [3.63, 3.8) is 0 Å². The summed E-state index contributed by atoms with van der Waals surface area (Å²) >= 11 is 0. The monoisotopic (exact) mass is 235 g/mol. The molecule has 3 N–H and O–H groups in total. The standard InChI is InChI=1S/C13H17NO3/c14-9-6-7-11(12(15)8-9)13(16)17-10-4-2-1-3-5-10/h6-8,10,15H,1-5,14H2. The lowest BCUT2D eigenvalue weighted by molar-refractivity contribution is 0.0208. The van der Waals surface area contributed by atoms with Crippen LogP contribution in [-0.4, -0.2) is 17.2 Å². The summed E-state index contributed by atoms with van der Waals surface area (Å²) in [5, 5.41) is 9.61. The Hall–Kier alpha value is -1.71. The van der Waals surface area contributed by atoms with E-state index in [9.17, 15) is 9.90 Å². The minimum Gasteiger partial charge on any atom is -0.507 e. The molecule has 1 aliphatic carbocycles. The molecule has 0 atom stereocenters. The zero-order chi connectivity index (χ0) is 12.3. The number of hydrogen-bond acceptors (Lipinski definition) is 4. The van der Waals surface area contributed by atoms with Gasteiger partial charge in [0, 0.05) is 11.8 Å². The van der Waals surface area contributed by atoms with Gasteiger partial charge in [0.05, 0.1) is 0 Å². The number of ether oxygens (including phenoxy) is 1. The lowest BCUT2D eigenvalue weighted by atomic mass is 9.98. The number of phenols is 1. The second kappa shape index (κ2) is 5.08. The number of phenolic OH excluding ortho intramolecular Hbond substituents is 1. The first-order valence-electron chi connectivity index (χ1n) is 5.96. The van der Waals surface area contributed by atoms with E-state index in [0.29, 0.717) is 5.69 Å². The van der Waals surface area contributed by atoms with E-state index in [0.717, 1.165) is 25.7 Å². The molecule has 1 aliphatic rings. The normalized spacial score (nSPS) is 16.7. The first kappa shape index (κ1) is 11.8. The highest BCUT2D eigenvalue weighted by Gasteiger charge is 2.20. The van der Waals surface area contributed by atoms with Crippen LogP contribution in [0.2, 0.25) is 0 Å². The predicted molar refractivity (Wildman–Crippen MR) is 64.8 cm³/mol. The average molecular weight is 235 g/mol. The molecule has 1 aromatic carbocycles. The Balaban J connectivity index is 2.03. The number of carbonyl (C=O) groups is 1. The summed E-state index contributed by atoms with van der Waals surface area (Å²) in [5.74, 6) is -0.583. The molecular weight excluding hydrogens is 218 g/mol. The molecule has 1 saturated carbocycles. The highest BCUT2D eigenvalue weighted by Crippen LogP contribution is 2.25. The van der Waals surface area contributed by atoms with Gasteiger partial charge in [0.1, 0.15) is 17.4 Å². The molecule has 0 unspecified atom stereocenters. The molecule has 1 aromatic rings. The van der Waals surface area contributed by atoms with Gasteiger partial charge < -0.3 is 15.6 Å². The Bertz CT molecular complexity index is 411. The molecule has 0 amide bonds. The Morgan fingerprint density at radius 3 is 2.65 bits per heavy atom. The lowest BCUT2D eigenvalue weighted by Gasteiger charge is -2.21. The van der Waals surface area contributed by atoms with Crippen LogP contribution in [0.25, 0.3) is 0 Å². The van der Waals surface area contributed by atoms with E-state index in [1.165, 1.54) is 18.6 Å². The molecule has 92 valence electrons. The zero-order valence-electron chi connectivity index (χ0n) is 9.69. The molecule has 0 heterocycles. The van der Waals surface area contributed by atoms with E-state index in [1.54, 1.807) is 6.07 Å². The van der Waals surface area contributed by atoms with Gasteiger partial charge in [0.15, 0.2) is 0 Å². The molecule has 1 fully saturated rings. The minimum absolute atomic E-state index is 0.00629. The van der Waals surface area contributed by atoms with Gasteiger partial charge >= 0.3 is 5.97 Å². The van der Waals surface area contributed by atoms with E-state index in [-0.39, 0.29) is 17.4 Å². The molecule has 4 heteroatoms. The van der Waals surface area contributed by atoms with Crippen LogP contribution in [0.15, 0.2) is 18.2 Å². The zero-order valence-corrected chi connectivity index (χ0v) is 9.69. The van der Waals surface area contributed by atoms with Gasteiger partial charge in [-0.15, -0.1) is 0 Å². The Morgan fingerprint density at radius 2 is 2.00 bits per heavy atom. The number of carbonyl (C=O) groups excluding carboxylic acids is 1. The first-order valence-corrected chi connectivity index (χ1v) is 5.96. The van der Waals surface area contributed by atoms with Crippen molar-refractivity contribution in [2.45, 2.75) is 38.2 Å². The SMILES string of the molecule is Nc1ccc(C(=O)OC2CCCCC2)c(O)c1. The highest BCUT2D eigenvalue weighted by molar-refractivity contribution is 5.93. The van der Waals surface area contributed by atoms with Crippen molar-refractivity contribution >= 4 is 11.7 Å². The van der Waals surface area contributed by atoms with Crippen LogP contribution in [0.1, 0.15) is 42.5 Å². The molecule has 17 heavy (non-hydrogen) atoms. The van der Waals surface area contributed by atoms with E-state index in [4.69, 9.17) is 10.5 Å². The van der Waals surface area contributed by atoms with Crippen LogP contribution < -0.4 is 5.73 Å². The smallest absolute Gasteiger partial charge is 0.342 e. The fourth-order valence-corrected chi connectivity index (χ4v) is 2.12. The molecule has 0 radical (unpaired) electrons. The quantitative estimate of drug-likeness (QED) is 0.610. The van der Waals surface area contributed by atoms with E-state index < -0.39 is 5.97 Å². The summed E-state index contributed by atoms with van der Waals surface area (Å²) in [6, 6.07) is 4.43. The number of benzene rings is 1. The number of nitrogen functional groups attached to an aromatic ring is 1. The molecular formula is C13H17NO3. The number of nitrogens with two attached hydrogens (primary N) is 1. The summed E-state index contributed by atoms with van der Waals surface area (Å²) < 4.78 is 5.36. The lowest BCUT2D eigenvalue weighted by Crippen LogP contribution is -2.21. The van der Waals surface area contributed by atoms with Gasteiger partial charge in [-0.05, 0) is 37.8 Å². The van der Waals surface area contributed by atoms with Gasteiger partial charge in [-0.25, -0.2) is 4.79 Å². The minimum atomic E-state index is -0.464. The first-order chi connectivity index (χ1) is 8.16. The molecule has 0 saturated heterocycles. The van der Waals surface area contributed by atoms with Crippen molar-refractivity contribution in [1.82, 2.24) is 0 Å². The molecule has 4 nitrogen and oxygen atoms in total. The fraction of sp³-hybridized carbons (Fsp3) is 0.462. The number of hydrogen-bond donors (Lipinski definition) is 2. The van der Waals surface area contributed by atoms with Crippen molar-refractivity contribution in [3.8, 4) is 5.75 Å². The fourth-order valence-electron chi connectivity index (χ4n) is 2.12. The molecule has 2 rings (SSSR count). The average Bonchev–Trinajstić information content (AvgIpc) is 2.30. The second-order valence-electron chi connectivity index (χ2n) is 4.44. The Morgan fingerprint density at radius 1 is 1.29 bits per heavy atom. The maximum Gasteiger partial charge on any atom is 0.342 e. The van der Waals surface area contributed by atoms with Crippen LogP contribution in [0, 0.1) is 0 Å². The summed E-state index contributed by atoms with van der Waals surface area (Å²) in [4.78, 5) is 11.8. The Kier molecular flexibility index (Phi) is 3.52. The van der Waals surface area contributed by atoms with E-state index in [2.05, 4.69) is 0 Å². The molecule has 0 bridgehead atoms. The largest absolute Gasteiger partial charge is 0.507 e. The van der Waals surface area contributed by atoms with Crippen LogP contribution >= 0.6 is 0 Å². The van der Waals surface area contributed by atoms with E-state index in [1.807, 2.05) is 0 Å². The van der Waals surface area contributed by atoms with Crippen LogP contribution in [0.4, 0.5) is 5.69 Å². The van der Waals surface area contributed by atoms with Gasteiger partial charge in [-0.1, -0.05) is 6.42 Å². The van der Waals surface area contributed by atoms with Crippen molar-refractivity contribution in [2.75, 3.05) is 5.73 Å². The van der Waals surface area contributed by atoms with Gasteiger partial charge in [-0.3, -0.25) is 0 Å². The molecule has 0 aliphatic heterocycles. The third-order valence-electron chi connectivity index (χ3n) is 3.07. The summed E-state index contributed by atoms with van der Waals surface area (Å²) in [5.41, 5.74) is 6.11. The van der Waals surface area contributed by atoms with Crippen molar-refractivity contribution < 1.29 is 14.6 Å². The number of esters is 1. The number of rotatable bonds is 2. The van der Waals surface area contributed by atoms with Gasteiger partial charge in [0.2, 0.25) is 0 Å². The van der Waals surface area contributed by atoms with Gasteiger partial charge in [0.25, 0.3) is 0 Å². The van der Waals surface area contributed by atoms with Gasteiger partial charge in [-0.2, -0.15) is 0 Å². The number of anilines is 1. The third kappa shape index (κ3) is 2.90. The second-order valence-corrected chi connectivity index (χ2v) is 4.44. The van der Waals surface area contributed by atoms with Crippen LogP contribution in [-0.2, 0) is 4.74 Å². The van der Waals surface area contributed by atoms with Crippen molar-refractivity contribution in [3.05, 3.63) is 23.8 Å². The third-order valence-corrected chi connectivity index (χ3v) is 3.07. The topological polar surface area (TPSA) is 72.6 Å². The number of aromatic hydroxyl groups is 1. The molecule has 0 aromatic heterocycles. The maximum absolute atomic E-state index is 11.8. The van der Waals surface area contributed by atoms with Crippen molar-refractivity contribution in [1.29, 1.82) is 0 Å². The van der Waals surface area contributed by atoms with Crippen LogP contribution in [0.3, 0.4) is 0 Å². The summed E-state index contributed by atoms with van der Waals surface area (Å²) in [6.45, 7) is 0.